The van der Waals surface area contributed by atoms with Gasteiger partial charge in [0.15, 0.2) is 0 Å². The number of halogens is 4. The van der Waals surface area contributed by atoms with Crippen LogP contribution in [0.25, 0.3) is 0 Å². The van der Waals surface area contributed by atoms with Crippen LogP contribution in [-0.4, -0.2) is 6.36 Å². The Hall–Kier alpha value is -1.68. The molecule has 2 rings (SSSR count). The molecule has 100 valence electrons. The van der Waals surface area contributed by atoms with Gasteiger partial charge in [0.25, 0.3) is 0 Å². The van der Waals surface area contributed by atoms with Crippen molar-refractivity contribution in [3.63, 3.8) is 0 Å². The molecule has 0 bridgehead atoms. The van der Waals surface area contributed by atoms with Crippen molar-refractivity contribution in [1.29, 1.82) is 0 Å². The van der Waals surface area contributed by atoms with E-state index in [9.17, 15) is 13.2 Å². The van der Waals surface area contributed by atoms with Gasteiger partial charge in [-0.05, 0) is 29.3 Å². The second-order valence-electron chi connectivity index (χ2n) is 3.96. The highest BCUT2D eigenvalue weighted by molar-refractivity contribution is 6.30. The van der Waals surface area contributed by atoms with E-state index < -0.39 is 6.36 Å². The molecule has 0 N–H and O–H groups in total. The van der Waals surface area contributed by atoms with Crippen LogP contribution in [0.4, 0.5) is 13.2 Å². The first-order valence-corrected chi connectivity index (χ1v) is 5.90. The Bertz CT molecular complexity index is 567. The first-order valence-electron chi connectivity index (χ1n) is 5.52. The van der Waals surface area contributed by atoms with Crippen LogP contribution in [0.5, 0.6) is 5.75 Å². The molecule has 0 heterocycles. The van der Waals surface area contributed by atoms with Crippen LogP contribution < -0.4 is 4.74 Å². The summed E-state index contributed by atoms with van der Waals surface area (Å²) in [4.78, 5) is 0. The van der Waals surface area contributed by atoms with E-state index >= 15 is 0 Å². The Labute approximate surface area is 113 Å². The smallest absolute Gasteiger partial charge is 0.405 e. The van der Waals surface area contributed by atoms with Crippen molar-refractivity contribution >= 4 is 11.6 Å². The maximum absolute atomic E-state index is 12.3. The van der Waals surface area contributed by atoms with Crippen LogP contribution >= 0.6 is 11.6 Å². The first kappa shape index (κ1) is 13.7. The largest absolute Gasteiger partial charge is 0.573 e. The summed E-state index contributed by atoms with van der Waals surface area (Å²) < 4.78 is 40.8. The highest BCUT2D eigenvalue weighted by Crippen LogP contribution is 2.28. The third-order valence-corrected chi connectivity index (χ3v) is 2.72. The molecule has 19 heavy (non-hydrogen) atoms. The maximum Gasteiger partial charge on any atom is 0.573 e. The number of hydrogen-bond donors (Lipinski definition) is 0. The van der Waals surface area contributed by atoms with Gasteiger partial charge in [0.1, 0.15) is 5.75 Å². The van der Waals surface area contributed by atoms with Gasteiger partial charge in [-0.2, -0.15) is 0 Å². The van der Waals surface area contributed by atoms with E-state index in [-0.39, 0.29) is 5.75 Å². The summed E-state index contributed by atoms with van der Waals surface area (Å²) in [5.41, 5.74) is 1.29. The molecule has 0 amide bonds. The Morgan fingerprint density at radius 2 is 1.74 bits per heavy atom. The molecule has 0 atom stereocenters. The molecule has 1 nitrogen and oxygen atoms in total. The van der Waals surface area contributed by atoms with Crippen LogP contribution in [0.15, 0.2) is 48.5 Å². The van der Waals surface area contributed by atoms with E-state index in [1.165, 1.54) is 12.1 Å². The van der Waals surface area contributed by atoms with Gasteiger partial charge in [0, 0.05) is 11.4 Å². The summed E-state index contributed by atoms with van der Waals surface area (Å²) in [5, 5.41) is 0.548. The van der Waals surface area contributed by atoms with Crippen molar-refractivity contribution < 1.29 is 17.9 Å². The molecule has 0 aliphatic heterocycles. The molecule has 0 fully saturated rings. The Kier molecular flexibility index (Phi) is 4.00. The molecular formula is C14H10ClF3O. The summed E-state index contributed by atoms with van der Waals surface area (Å²) in [5.74, 6) is -0.185. The monoisotopic (exact) mass is 286 g/mol. The molecule has 0 saturated carbocycles. The average Bonchev–Trinajstić information content (AvgIpc) is 2.30. The van der Waals surface area contributed by atoms with Gasteiger partial charge in [-0.3, -0.25) is 0 Å². The van der Waals surface area contributed by atoms with Gasteiger partial charge < -0.3 is 4.74 Å². The second-order valence-corrected chi connectivity index (χ2v) is 4.40. The fraction of sp³-hybridized carbons (Fsp3) is 0.143. The first-order chi connectivity index (χ1) is 8.94. The highest BCUT2D eigenvalue weighted by Gasteiger charge is 2.31. The van der Waals surface area contributed by atoms with E-state index in [0.717, 1.165) is 5.56 Å². The fourth-order valence-corrected chi connectivity index (χ4v) is 1.95. The van der Waals surface area contributed by atoms with E-state index in [4.69, 9.17) is 11.6 Å². The third kappa shape index (κ3) is 4.17. The predicted molar refractivity (Wildman–Crippen MR) is 67.4 cm³/mol. The van der Waals surface area contributed by atoms with E-state index in [1.807, 2.05) is 0 Å². The minimum absolute atomic E-state index is 0.185. The zero-order valence-corrected chi connectivity index (χ0v) is 10.5. The number of benzene rings is 2. The zero-order valence-electron chi connectivity index (χ0n) is 9.75. The fourth-order valence-electron chi connectivity index (χ4n) is 1.74. The quantitative estimate of drug-likeness (QED) is 0.785. The summed E-state index contributed by atoms with van der Waals surface area (Å²) in [7, 11) is 0. The number of para-hydroxylation sites is 1. The zero-order chi connectivity index (χ0) is 13.9. The minimum Gasteiger partial charge on any atom is -0.405 e. The number of hydrogen-bond acceptors (Lipinski definition) is 1. The molecule has 5 heteroatoms. The number of rotatable bonds is 3. The van der Waals surface area contributed by atoms with Crippen LogP contribution in [0, 0.1) is 0 Å². The average molecular weight is 287 g/mol. The molecular weight excluding hydrogens is 277 g/mol. The summed E-state index contributed by atoms with van der Waals surface area (Å²) in [6.07, 6.45) is -4.36. The van der Waals surface area contributed by atoms with Crippen molar-refractivity contribution in [2.24, 2.45) is 0 Å². The van der Waals surface area contributed by atoms with E-state index in [0.29, 0.717) is 17.0 Å². The van der Waals surface area contributed by atoms with Crippen LogP contribution in [0.2, 0.25) is 5.02 Å². The minimum atomic E-state index is -4.69. The van der Waals surface area contributed by atoms with Crippen molar-refractivity contribution in [1.82, 2.24) is 0 Å². The number of ether oxygens (including phenoxy) is 1. The standard InChI is InChI=1S/C14H10ClF3O/c15-12-6-3-4-10(9-12)8-11-5-1-2-7-13(11)19-14(16,17)18/h1-7,9H,8H2. The molecule has 2 aromatic carbocycles. The summed E-state index contributed by atoms with van der Waals surface area (Å²) in [6, 6.07) is 13.1. The Balaban J connectivity index is 2.25. The molecule has 0 aromatic heterocycles. The molecule has 2 aromatic rings. The molecule has 0 radical (unpaired) electrons. The van der Waals surface area contributed by atoms with Gasteiger partial charge in [-0.1, -0.05) is 41.9 Å². The van der Waals surface area contributed by atoms with Crippen LogP contribution in [0.3, 0.4) is 0 Å². The normalized spacial score (nSPS) is 11.4. The lowest BCUT2D eigenvalue weighted by Gasteiger charge is -2.13. The molecule has 0 aliphatic rings. The van der Waals surface area contributed by atoms with Crippen molar-refractivity contribution in [2.45, 2.75) is 12.8 Å². The lowest BCUT2D eigenvalue weighted by Crippen LogP contribution is -2.18. The van der Waals surface area contributed by atoms with E-state index in [1.54, 1.807) is 36.4 Å². The lowest BCUT2D eigenvalue weighted by molar-refractivity contribution is -0.274. The van der Waals surface area contributed by atoms with Crippen LogP contribution in [-0.2, 0) is 6.42 Å². The van der Waals surface area contributed by atoms with Crippen LogP contribution in [0.1, 0.15) is 11.1 Å². The summed E-state index contributed by atoms with van der Waals surface area (Å²) in [6.45, 7) is 0. The Morgan fingerprint density at radius 3 is 2.42 bits per heavy atom. The highest BCUT2D eigenvalue weighted by atomic mass is 35.5. The van der Waals surface area contributed by atoms with Gasteiger partial charge >= 0.3 is 6.36 Å². The molecule has 0 spiro atoms. The van der Waals surface area contributed by atoms with Gasteiger partial charge in [0.05, 0.1) is 0 Å². The molecule has 0 unspecified atom stereocenters. The third-order valence-electron chi connectivity index (χ3n) is 2.48. The van der Waals surface area contributed by atoms with Crippen molar-refractivity contribution in [3.8, 4) is 5.75 Å². The second kappa shape index (κ2) is 5.53. The van der Waals surface area contributed by atoms with Gasteiger partial charge in [-0.25, -0.2) is 0 Å². The van der Waals surface area contributed by atoms with E-state index in [2.05, 4.69) is 4.74 Å². The topological polar surface area (TPSA) is 9.23 Å². The number of alkyl halides is 3. The SMILES string of the molecule is FC(F)(F)Oc1ccccc1Cc1cccc(Cl)c1. The molecule has 0 aliphatic carbocycles. The summed E-state index contributed by atoms with van der Waals surface area (Å²) >= 11 is 5.85. The van der Waals surface area contributed by atoms with Gasteiger partial charge in [-0.15, -0.1) is 13.2 Å². The maximum atomic E-state index is 12.3. The predicted octanol–water partition coefficient (Wildman–Crippen LogP) is 4.83. The Morgan fingerprint density at radius 1 is 1.00 bits per heavy atom. The van der Waals surface area contributed by atoms with Gasteiger partial charge in [0.2, 0.25) is 0 Å². The molecule has 0 saturated heterocycles. The van der Waals surface area contributed by atoms with Crippen molar-refractivity contribution in [3.05, 3.63) is 64.7 Å². The van der Waals surface area contributed by atoms with Crippen molar-refractivity contribution in [2.75, 3.05) is 0 Å². The lowest BCUT2D eigenvalue weighted by atomic mass is 10.0.